The van der Waals surface area contributed by atoms with Crippen molar-refractivity contribution in [1.82, 2.24) is 9.97 Å². The molecule has 12 heavy (non-hydrogen) atoms. The summed E-state index contributed by atoms with van der Waals surface area (Å²) in [6, 6.07) is 0. The maximum absolute atomic E-state index is 10.9. The minimum absolute atomic E-state index is 0.0297. The van der Waals surface area contributed by atoms with Crippen LogP contribution >= 0.6 is 0 Å². The summed E-state index contributed by atoms with van der Waals surface area (Å²) in [5.74, 6) is -0.368. The molecule has 64 valence electrons. The van der Waals surface area contributed by atoms with E-state index in [-0.39, 0.29) is 11.6 Å². The number of hydrogen-bond acceptors (Lipinski definition) is 3. The van der Waals surface area contributed by atoms with Crippen molar-refractivity contribution in [2.24, 2.45) is 5.73 Å². The van der Waals surface area contributed by atoms with Gasteiger partial charge in [0.25, 0.3) is 5.56 Å². The van der Waals surface area contributed by atoms with Crippen LogP contribution in [-0.2, 0) is 0 Å². The molecule has 6 N–H and O–H groups in total. The van der Waals surface area contributed by atoms with Gasteiger partial charge in [-0.05, 0) is 0 Å². The summed E-state index contributed by atoms with van der Waals surface area (Å²) in [4.78, 5) is 25.6. The lowest BCUT2D eigenvalue weighted by Gasteiger charge is -1.99. The highest BCUT2D eigenvalue weighted by atomic mass is 16.2. The fraction of sp³-hybridized carbons (Fsp3) is 0. The van der Waals surface area contributed by atoms with Gasteiger partial charge < -0.3 is 16.0 Å². The molecule has 0 unspecified atom stereocenters. The highest BCUT2D eigenvalue weighted by Gasteiger charge is 1.98. The molecule has 1 rings (SSSR count). The van der Waals surface area contributed by atoms with Gasteiger partial charge in [-0.25, -0.2) is 4.79 Å². The van der Waals surface area contributed by atoms with Crippen LogP contribution in [0.2, 0.25) is 0 Å². The van der Waals surface area contributed by atoms with Crippen molar-refractivity contribution < 1.29 is 0 Å². The van der Waals surface area contributed by atoms with Crippen molar-refractivity contribution >= 4 is 11.6 Å². The van der Waals surface area contributed by atoms with Crippen molar-refractivity contribution in [2.75, 3.05) is 5.32 Å². The van der Waals surface area contributed by atoms with Crippen molar-refractivity contribution in [1.29, 1.82) is 5.41 Å². The Morgan fingerprint density at radius 2 is 2.25 bits per heavy atom. The van der Waals surface area contributed by atoms with Crippen molar-refractivity contribution in [2.45, 2.75) is 0 Å². The molecular weight excluding hydrogens is 162 g/mol. The topological polar surface area (TPSA) is 128 Å². The third-order valence-corrected chi connectivity index (χ3v) is 1.09. The second-order valence-corrected chi connectivity index (χ2v) is 2.02. The van der Waals surface area contributed by atoms with Crippen molar-refractivity contribution in [3.05, 3.63) is 27.0 Å². The number of anilines is 1. The Morgan fingerprint density at radius 1 is 1.58 bits per heavy atom. The van der Waals surface area contributed by atoms with Crippen LogP contribution in [0, 0.1) is 5.41 Å². The highest BCUT2D eigenvalue weighted by molar-refractivity contribution is 5.89. The van der Waals surface area contributed by atoms with Crippen molar-refractivity contribution in [3.63, 3.8) is 0 Å². The molecule has 0 aromatic carbocycles. The minimum Gasteiger partial charge on any atom is -0.370 e. The molecule has 1 aromatic heterocycles. The second kappa shape index (κ2) is 2.91. The standard InChI is InChI=1S/C5H7N5O2/c6-4(7)9-2-1-8-5(12)10-3(2)11/h1H,(H4,6,7,9)(H2,8,10,11,12). The zero-order chi connectivity index (χ0) is 9.14. The molecule has 7 nitrogen and oxygen atoms in total. The monoisotopic (exact) mass is 169 g/mol. The van der Waals surface area contributed by atoms with Gasteiger partial charge in [-0.2, -0.15) is 0 Å². The quantitative estimate of drug-likeness (QED) is 0.255. The van der Waals surface area contributed by atoms with Gasteiger partial charge in [0.2, 0.25) is 0 Å². The fourth-order valence-corrected chi connectivity index (χ4v) is 0.648. The third kappa shape index (κ3) is 1.72. The molecule has 7 heteroatoms. The van der Waals surface area contributed by atoms with Gasteiger partial charge >= 0.3 is 5.69 Å². The number of H-pyrrole nitrogens is 2. The molecule has 0 spiro atoms. The summed E-state index contributed by atoms with van der Waals surface area (Å²) in [5, 5.41) is 9.05. The number of aromatic amines is 2. The van der Waals surface area contributed by atoms with E-state index in [0.29, 0.717) is 0 Å². The summed E-state index contributed by atoms with van der Waals surface area (Å²) in [6.07, 6.45) is 1.14. The molecule has 0 amide bonds. The zero-order valence-electron chi connectivity index (χ0n) is 5.97. The molecule has 0 bridgehead atoms. The van der Waals surface area contributed by atoms with Crippen LogP contribution in [0.3, 0.4) is 0 Å². The van der Waals surface area contributed by atoms with Crippen LogP contribution < -0.4 is 22.3 Å². The number of guanidine groups is 1. The van der Waals surface area contributed by atoms with Crippen LogP contribution in [0.15, 0.2) is 15.8 Å². The van der Waals surface area contributed by atoms with E-state index in [4.69, 9.17) is 11.1 Å². The molecule has 0 atom stereocenters. The molecule has 1 aromatic rings. The number of nitrogens with one attached hydrogen (secondary N) is 4. The Kier molecular flexibility index (Phi) is 1.95. The number of rotatable bonds is 1. The first-order valence-corrected chi connectivity index (χ1v) is 3.02. The van der Waals surface area contributed by atoms with E-state index in [2.05, 4.69) is 10.3 Å². The smallest absolute Gasteiger partial charge is 0.325 e. The van der Waals surface area contributed by atoms with E-state index in [1.165, 1.54) is 0 Å². The molecule has 0 fully saturated rings. The second-order valence-electron chi connectivity index (χ2n) is 2.02. The Balaban J connectivity index is 3.10. The summed E-state index contributed by atoms with van der Waals surface area (Å²) < 4.78 is 0. The number of nitrogens with two attached hydrogens (primary N) is 1. The van der Waals surface area contributed by atoms with E-state index >= 15 is 0 Å². The summed E-state index contributed by atoms with van der Waals surface area (Å²) in [5.41, 5.74) is 3.77. The minimum atomic E-state index is -0.617. The first-order chi connectivity index (χ1) is 5.59. The zero-order valence-corrected chi connectivity index (χ0v) is 5.97. The highest BCUT2D eigenvalue weighted by Crippen LogP contribution is 1.88. The van der Waals surface area contributed by atoms with Crippen LogP contribution in [0.1, 0.15) is 0 Å². The van der Waals surface area contributed by atoms with Gasteiger partial charge in [0.05, 0.1) is 0 Å². The molecule has 1 heterocycles. The Labute approximate surface area is 66.1 Å². The predicted octanol–water partition coefficient (Wildman–Crippen LogP) is -1.63. The molecule has 0 saturated carbocycles. The SMILES string of the molecule is N=C(N)Nc1c[nH]c(=O)[nH]c1=O. The average Bonchev–Trinajstić information content (AvgIpc) is 1.94. The maximum atomic E-state index is 10.9. The average molecular weight is 169 g/mol. The number of hydrogen-bond donors (Lipinski definition) is 5. The maximum Gasteiger partial charge on any atom is 0.325 e. The summed E-state index contributed by atoms with van der Waals surface area (Å²) >= 11 is 0. The molecular formula is C5H7N5O2. The molecule has 0 saturated heterocycles. The van der Waals surface area contributed by atoms with Gasteiger partial charge in [-0.1, -0.05) is 0 Å². The van der Waals surface area contributed by atoms with Crippen LogP contribution in [0.25, 0.3) is 0 Å². The largest absolute Gasteiger partial charge is 0.370 e. The van der Waals surface area contributed by atoms with E-state index in [0.717, 1.165) is 6.20 Å². The third-order valence-electron chi connectivity index (χ3n) is 1.09. The molecule has 0 radical (unpaired) electrons. The Hall–Kier alpha value is -2.05. The van der Waals surface area contributed by atoms with Gasteiger partial charge in [-0.15, -0.1) is 0 Å². The van der Waals surface area contributed by atoms with E-state index < -0.39 is 11.2 Å². The first kappa shape index (κ1) is 8.05. The molecule has 0 aliphatic rings. The first-order valence-electron chi connectivity index (χ1n) is 3.02. The molecule has 0 aliphatic heterocycles. The van der Waals surface area contributed by atoms with E-state index in [1.807, 2.05) is 4.98 Å². The van der Waals surface area contributed by atoms with E-state index in [9.17, 15) is 9.59 Å². The fourth-order valence-electron chi connectivity index (χ4n) is 0.648. The van der Waals surface area contributed by atoms with Gasteiger partial charge in [-0.3, -0.25) is 15.2 Å². The van der Waals surface area contributed by atoms with Gasteiger partial charge in [0.15, 0.2) is 5.96 Å². The van der Waals surface area contributed by atoms with Crippen molar-refractivity contribution in [3.8, 4) is 0 Å². The van der Waals surface area contributed by atoms with Crippen LogP contribution in [0.4, 0.5) is 5.69 Å². The Morgan fingerprint density at radius 3 is 2.75 bits per heavy atom. The Bertz CT molecular complexity index is 403. The van der Waals surface area contributed by atoms with Gasteiger partial charge in [0, 0.05) is 6.20 Å². The van der Waals surface area contributed by atoms with Crippen LogP contribution in [0.5, 0.6) is 0 Å². The summed E-state index contributed by atoms with van der Waals surface area (Å²) in [6.45, 7) is 0. The summed E-state index contributed by atoms with van der Waals surface area (Å²) in [7, 11) is 0. The normalized spacial score (nSPS) is 9.33. The van der Waals surface area contributed by atoms with E-state index in [1.54, 1.807) is 0 Å². The lowest BCUT2D eigenvalue weighted by molar-refractivity contribution is 1.04. The molecule has 0 aliphatic carbocycles. The lowest BCUT2D eigenvalue weighted by Crippen LogP contribution is -2.29. The van der Waals surface area contributed by atoms with Crippen LogP contribution in [-0.4, -0.2) is 15.9 Å². The predicted molar refractivity (Wildman–Crippen MR) is 43.2 cm³/mol. The number of aromatic nitrogens is 2. The lowest BCUT2D eigenvalue weighted by atomic mass is 10.5. The van der Waals surface area contributed by atoms with Gasteiger partial charge in [0.1, 0.15) is 5.69 Å².